The maximum absolute atomic E-state index is 12.4. The summed E-state index contributed by atoms with van der Waals surface area (Å²) in [6.07, 6.45) is 1.45. The van der Waals surface area contributed by atoms with E-state index < -0.39 is 5.91 Å². The highest BCUT2D eigenvalue weighted by Gasteiger charge is 2.16. The number of nitriles is 1. The molecule has 25 heavy (non-hydrogen) atoms. The van der Waals surface area contributed by atoms with Gasteiger partial charge >= 0.3 is 0 Å². The quantitative estimate of drug-likeness (QED) is 0.527. The third-order valence-electron chi connectivity index (χ3n) is 3.63. The zero-order valence-corrected chi connectivity index (χ0v) is 13.4. The number of para-hydroxylation sites is 1. The molecule has 0 saturated heterocycles. The van der Waals surface area contributed by atoms with Crippen molar-refractivity contribution in [2.24, 2.45) is 0 Å². The van der Waals surface area contributed by atoms with Gasteiger partial charge in [-0.15, -0.1) is 0 Å². The Kier molecular flexibility index (Phi) is 4.48. The molecule has 1 aliphatic heterocycles. The smallest absolute Gasteiger partial charge is 0.266 e. The van der Waals surface area contributed by atoms with Gasteiger partial charge in [0, 0.05) is 5.56 Å². The van der Waals surface area contributed by atoms with Gasteiger partial charge in [0.1, 0.15) is 11.6 Å². The largest absolute Gasteiger partial charge is 0.454 e. The van der Waals surface area contributed by atoms with Gasteiger partial charge in [0.15, 0.2) is 17.3 Å². The van der Waals surface area contributed by atoms with Gasteiger partial charge in [0.25, 0.3) is 5.91 Å². The van der Waals surface area contributed by atoms with Gasteiger partial charge in [-0.25, -0.2) is 0 Å². The molecule has 3 rings (SSSR count). The first kappa shape index (κ1) is 16.3. The number of hydrogen-bond acceptors (Lipinski definition) is 5. The SMILES string of the molecule is CC(=O)c1ccccc1NC(=O)/C(C#N)=C\c1ccc2c(c1)OCO2. The molecule has 6 nitrogen and oxygen atoms in total. The fraction of sp³-hybridized carbons (Fsp3) is 0.105. The number of anilines is 1. The lowest BCUT2D eigenvalue weighted by Crippen LogP contribution is -2.15. The molecule has 0 radical (unpaired) electrons. The van der Waals surface area contributed by atoms with E-state index in [0.29, 0.717) is 28.3 Å². The third-order valence-corrected chi connectivity index (χ3v) is 3.63. The standard InChI is InChI=1S/C19H14N2O4/c1-12(22)15-4-2-3-5-16(15)21-19(23)14(10-20)8-13-6-7-17-18(9-13)25-11-24-17/h2-9H,11H2,1H3,(H,21,23)/b14-8-. The molecule has 1 heterocycles. The van der Waals surface area contributed by atoms with E-state index in [2.05, 4.69) is 5.32 Å². The average molecular weight is 334 g/mol. The lowest BCUT2D eigenvalue weighted by atomic mass is 10.1. The summed E-state index contributed by atoms with van der Waals surface area (Å²) in [5, 5.41) is 11.9. The highest BCUT2D eigenvalue weighted by atomic mass is 16.7. The van der Waals surface area contributed by atoms with E-state index in [0.717, 1.165) is 0 Å². The van der Waals surface area contributed by atoms with Crippen molar-refractivity contribution in [1.29, 1.82) is 5.26 Å². The Morgan fingerprint density at radius 2 is 1.92 bits per heavy atom. The predicted molar refractivity (Wildman–Crippen MR) is 91.2 cm³/mol. The summed E-state index contributed by atoms with van der Waals surface area (Å²) < 4.78 is 10.5. The minimum absolute atomic E-state index is 0.0859. The molecule has 2 aromatic rings. The molecule has 0 fully saturated rings. The Bertz CT molecular complexity index is 925. The van der Waals surface area contributed by atoms with E-state index in [4.69, 9.17) is 9.47 Å². The molecule has 0 atom stereocenters. The lowest BCUT2D eigenvalue weighted by molar-refractivity contribution is -0.112. The Morgan fingerprint density at radius 3 is 2.68 bits per heavy atom. The number of ketones is 1. The average Bonchev–Trinajstić information content (AvgIpc) is 3.07. The van der Waals surface area contributed by atoms with E-state index in [1.165, 1.54) is 13.0 Å². The van der Waals surface area contributed by atoms with E-state index in [1.807, 2.05) is 6.07 Å². The van der Waals surface area contributed by atoms with Crippen molar-refractivity contribution in [3.8, 4) is 17.6 Å². The van der Waals surface area contributed by atoms with Gasteiger partial charge in [0.05, 0.1) is 5.69 Å². The van der Waals surface area contributed by atoms with E-state index in [1.54, 1.807) is 42.5 Å². The van der Waals surface area contributed by atoms with Crippen LogP contribution in [0.4, 0.5) is 5.69 Å². The number of rotatable bonds is 4. The first-order valence-electron chi connectivity index (χ1n) is 7.51. The molecule has 0 saturated carbocycles. The first-order chi connectivity index (χ1) is 12.1. The molecule has 0 bridgehead atoms. The van der Waals surface area contributed by atoms with Gasteiger partial charge in [-0.3, -0.25) is 9.59 Å². The van der Waals surface area contributed by atoms with Crippen LogP contribution in [0.5, 0.6) is 11.5 Å². The summed E-state index contributed by atoms with van der Waals surface area (Å²) in [6.45, 7) is 1.56. The van der Waals surface area contributed by atoms with Gasteiger partial charge in [-0.1, -0.05) is 18.2 Å². The van der Waals surface area contributed by atoms with Crippen LogP contribution in [-0.4, -0.2) is 18.5 Å². The molecule has 0 aromatic heterocycles. The highest BCUT2D eigenvalue weighted by Crippen LogP contribution is 2.33. The van der Waals surface area contributed by atoms with E-state index >= 15 is 0 Å². The summed E-state index contributed by atoms with van der Waals surface area (Å²) in [5.41, 5.74) is 1.30. The molecule has 1 N–H and O–H groups in total. The monoisotopic (exact) mass is 334 g/mol. The molecule has 0 unspecified atom stereocenters. The summed E-state index contributed by atoms with van der Waals surface area (Å²) >= 11 is 0. The molecule has 1 amide bonds. The summed E-state index contributed by atoms with van der Waals surface area (Å²) in [4.78, 5) is 24.0. The number of amides is 1. The number of nitrogens with one attached hydrogen (secondary N) is 1. The third kappa shape index (κ3) is 3.51. The Morgan fingerprint density at radius 1 is 1.16 bits per heavy atom. The molecule has 1 aliphatic rings. The number of ether oxygens (including phenoxy) is 2. The Balaban J connectivity index is 1.85. The number of carbonyl (C=O) groups excluding carboxylic acids is 2. The maximum Gasteiger partial charge on any atom is 0.266 e. The second-order valence-corrected chi connectivity index (χ2v) is 5.34. The van der Waals surface area contributed by atoms with Crippen LogP contribution >= 0.6 is 0 Å². The number of benzene rings is 2. The van der Waals surface area contributed by atoms with Crippen molar-refractivity contribution < 1.29 is 19.1 Å². The van der Waals surface area contributed by atoms with Crippen molar-refractivity contribution in [2.75, 3.05) is 12.1 Å². The summed E-state index contributed by atoms with van der Waals surface area (Å²) in [7, 11) is 0. The van der Waals surface area contributed by atoms with Crippen LogP contribution in [0.3, 0.4) is 0 Å². The summed E-state index contributed by atoms with van der Waals surface area (Å²) in [5.74, 6) is 0.423. The second-order valence-electron chi connectivity index (χ2n) is 5.34. The predicted octanol–water partition coefficient (Wildman–Crippen LogP) is 3.16. The number of hydrogen-bond donors (Lipinski definition) is 1. The molecule has 0 aliphatic carbocycles. The lowest BCUT2D eigenvalue weighted by Gasteiger charge is -2.08. The zero-order chi connectivity index (χ0) is 17.8. The van der Waals surface area contributed by atoms with Crippen molar-refractivity contribution in [3.63, 3.8) is 0 Å². The Hall–Kier alpha value is -3.59. The topological polar surface area (TPSA) is 88.4 Å². The fourth-order valence-corrected chi connectivity index (χ4v) is 2.41. The Labute approximate surface area is 144 Å². The molecule has 0 spiro atoms. The van der Waals surface area contributed by atoms with Gasteiger partial charge in [-0.05, 0) is 42.8 Å². The number of carbonyl (C=O) groups is 2. The minimum atomic E-state index is -0.589. The van der Waals surface area contributed by atoms with Crippen molar-refractivity contribution in [3.05, 3.63) is 59.2 Å². The van der Waals surface area contributed by atoms with Crippen LogP contribution in [-0.2, 0) is 4.79 Å². The number of nitrogens with zero attached hydrogens (tertiary/aromatic N) is 1. The van der Waals surface area contributed by atoms with Gasteiger partial charge in [-0.2, -0.15) is 5.26 Å². The maximum atomic E-state index is 12.4. The highest BCUT2D eigenvalue weighted by molar-refractivity contribution is 6.12. The molecule has 2 aromatic carbocycles. The van der Waals surface area contributed by atoms with Crippen LogP contribution in [0, 0.1) is 11.3 Å². The minimum Gasteiger partial charge on any atom is -0.454 e. The van der Waals surface area contributed by atoms with Crippen LogP contribution in [0.25, 0.3) is 6.08 Å². The van der Waals surface area contributed by atoms with Crippen LogP contribution in [0.15, 0.2) is 48.0 Å². The molecule has 124 valence electrons. The van der Waals surface area contributed by atoms with Crippen molar-refractivity contribution in [2.45, 2.75) is 6.92 Å². The van der Waals surface area contributed by atoms with E-state index in [-0.39, 0.29) is 18.1 Å². The number of fused-ring (bicyclic) bond motifs is 1. The van der Waals surface area contributed by atoms with Crippen LogP contribution in [0.2, 0.25) is 0 Å². The van der Waals surface area contributed by atoms with Crippen LogP contribution in [0.1, 0.15) is 22.8 Å². The summed E-state index contributed by atoms with van der Waals surface area (Å²) in [6, 6.07) is 13.7. The zero-order valence-electron chi connectivity index (χ0n) is 13.4. The van der Waals surface area contributed by atoms with Crippen LogP contribution < -0.4 is 14.8 Å². The van der Waals surface area contributed by atoms with Gasteiger partial charge in [0.2, 0.25) is 6.79 Å². The van der Waals surface area contributed by atoms with Gasteiger partial charge < -0.3 is 14.8 Å². The van der Waals surface area contributed by atoms with Crippen molar-refractivity contribution in [1.82, 2.24) is 0 Å². The van der Waals surface area contributed by atoms with Crippen molar-refractivity contribution >= 4 is 23.5 Å². The fourth-order valence-electron chi connectivity index (χ4n) is 2.41. The molecular formula is C19H14N2O4. The van der Waals surface area contributed by atoms with E-state index in [9.17, 15) is 14.9 Å². The normalized spacial score (nSPS) is 12.4. The molecular weight excluding hydrogens is 320 g/mol. The first-order valence-corrected chi connectivity index (χ1v) is 7.51. The molecule has 6 heteroatoms. The number of Topliss-reactive ketones (excluding diaryl/α,β-unsaturated/α-hetero) is 1. The second kappa shape index (κ2) is 6.89.